The van der Waals surface area contributed by atoms with Crippen LogP contribution in [-0.2, 0) is 9.59 Å². The Balaban J connectivity index is 1.60. The van der Waals surface area contributed by atoms with E-state index in [4.69, 9.17) is 4.74 Å². The fraction of sp³-hybridized carbons (Fsp3) is 0.300. The number of nitrogens with zero attached hydrogens (tertiary/aromatic N) is 2. The number of piperazine rings is 1. The van der Waals surface area contributed by atoms with Crippen LogP contribution in [-0.4, -0.2) is 50.0 Å². The van der Waals surface area contributed by atoms with Gasteiger partial charge in [-0.05, 0) is 42.8 Å². The highest BCUT2D eigenvalue weighted by atomic mass is 79.9. The molecule has 1 fully saturated rings. The highest BCUT2D eigenvalue weighted by Crippen LogP contribution is 2.28. The first-order valence-electron chi connectivity index (χ1n) is 8.74. The van der Waals surface area contributed by atoms with Crippen LogP contribution >= 0.6 is 15.9 Å². The van der Waals surface area contributed by atoms with Gasteiger partial charge in [0.1, 0.15) is 5.75 Å². The van der Waals surface area contributed by atoms with Gasteiger partial charge in [0.05, 0.1) is 12.8 Å². The molecule has 6 nitrogen and oxygen atoms in total. The summed E-state index contributed by atoms with van der Waals surface area (Å²) >= 11 is 3.39. The van der Waals surface area contributed by atoms with E-state index in [0.29, 0.717) is 31.9 Å². The molecule has 0 unspecified atom stereocenters. The van der Waals surface area contributed by atoms with Crippen LogP contribution in [0.1, 0.15) is 5.56 Å². The summed E-state index contributed by atoms with van der Waals surface area (Å²) in [5, 5.41) is 2.71. The number of para-hydroxylation sites is 2. The van der Waals surface area contributed by atoms with Crippen molar-refractivity contribution < 1.29 is 14.3 Å². The molecule has 1 aliphatic rings. The van der Waals surface area contributed by atoms with Crippen LogP contribution in [0.4, 0.5) is 11.4 Å². The van der Waals surface area contributed by atoms with Crippen LogP contribution in [0.15, 0.2) is 46.9 Å². The van der Waals surface area contributed by atoms with Crippen LogP contribution in [0.25, 0.3) is 0 Å². The second-order valence-corrected chi connectivity index (χ2v) is 7.28. The molecule has 2 amide bonds. The Hall–Kier alpha value is -2.54. The van der Waals surface area contributed by atoms with Gasteiger partial charge in [-0.1, -0.05) is 28.1 Å². The third-order valence-corrected chi connectivity index (χ3v) is 5.12. The number of rotatable bonds is 3. The van der Waals surface area contributed by atoms with E-state index in [1.807, 2.05) is 43.3 Å². The number of hydrogen-bond acceptors (Lipinski definition) is 4. The van der Waals surface area contributed by atoms with E-state index in [9.17, 15) is 9.59 Å². The topological polar surface area (TPSA) is 61.9 Å². The van der Waals surface area contributed by atoms with E-state index in [0.717, 1.165) is 21.5 Å². The van der Waals surface area contributed by atoms with Gasteiger partial charge < -0.3 is 19.9 Å². The van der Waals surface area contributed by atoms with Crippen molar-refractivity contribution in [1.82, 2.24) is 4.90 Å². The minimum Gasteiger partial charge on any atom is -0.495 e. The van der Waals surface area contributed by atoms with E-state index in [1.54, 1.807) is 18.1 Å². The highest BCUT2D eigenvalue weighted by Gasteiger charge is 2.27. The summed E-state index contributed by atoms with van der Waals surface area (Å²) < 4.78 is 6.33. The van der Waals surface area contributed by atoms with Gasteiger partial charge in [-0.25, -0.2) is 0 Å². The van der Waals surface area contributed by atoms with Crippen molar-refractivity contribution in [2.45, 2.75) is 6.92 Å². The molecular formula is C20H22BrN3O3. The zero-order valence-electron chi connectivity index (χ0n) is 15.4. The minimum atomic E-state index is -0.605. The lowest BCUT2D eigenvalue weighted by Gasteiger charge is -2.36. The first-order chi connectivity index (χ1) is 13.0. The molecule has 0 atom stereocenters. The fourth-order valence-corrected chi connectivity index (χ4v) is 3.60. The second kappa shape index (κ2) is 8.43. The molecule has 0 spiro atoms. The second-order valence-electron chi connectivity index (χ2n) is 6.36. The third kappa shape index (κ3) is 4.42. The van der Waals surface area contributed by atoms with Crippen LogP contribution in [0.5, 0.6) is 5.75 Å². The van der Waals surface area contributed by atoms with Crippen molar-refractivity contribution >= 4 is 39.1 Å². The molecule has 0 aromatic heterocycles. The molecule has 2 aromatic carbocycles. The Morgan fingerprint density at radius 1 is 1.07 bits per heavy atom. The van der Waals surface area contributed by atoms with Crippen LogP contribution in [0, 0.1) is 6.92 Å². The third-order valence-electron chi connectivity index (χ3n) is 4.62. The number of carbonyl (C=O) groups excluding carboxylic acids is 2. The van der Waals surface area contributed by atoms with Crippen LogP contribution in [0.3, 0.4) is 0 Å². The smallest absolute Gasteiger partial charge is 0.313 e. The van der Waals surface area contributed by atoms with Crippen molar-refractivity contribution in [1.29, 1.82) is 0 Å². The van der Waals surface area contributed by atoms with Gasteiger partial charge in [-0.3, -0.25) is 9.59 Å². The number of anilines is 2. The van der Waals surface area contributed by atoms with Crippen LogP contribution < -0.4 is 15.0 Å². The van der Waals surface area contributed by atoms with Gasteiger partial charge in [-0.15, -0.1) is 0 Å². The highest BCUT2D eigenvalue weighted by molar-refractivity contribution is 9.10. The van der Waals surface area contributed by atoms with Crippen LogP contribution in [0.2, 0.25) is 0 Å². The lowest BCUT2D eigenvalue weighted by atomic mass is 10.2. The van der Waals surface area contributed by atoms with Gasteiger partial charge in [-0.2, -0.15) is 0 Å². The maximum absolute atomic E-state index is 12.5. The molecule has 0 aliphatic carbocycles. The van der Waals surface area contributed by atoms with Crippen molar-refractivity contribution in [2.75, 3.05) is 43.5 Å². The molecular weight excluding hydrogens is 410 g/mol. The lowest BCUT2D eigenvalue weighted by molar-refractivity contribution is -0.143. The number of nitrogens with one attached hydrogen (secondary N) is 1. The van der Waals surface area contributed by atoms with Crippen molar-refractivity contribution in [3.05, 3.63) is 52.5 Å². The summed E-state index contributed by atoms with van der Waals surface area (Å²) in [6, 6.07) is 13.3. The molecule has 0 bridgehead atoms. The summed E-state index contributed by atoms with van der Waals surface area (Å²) in [6.07, 6.45) is 0. The molecule has 3 rings (SSSR count). The standard InChI is InChI=1S/C20H22BrN3O3/c1-14-13-15(21)7-8-16(14)22-19(25)20(26)24-11-9-23(10-12-24)17-5-3-4-6-18(17)27-2/h3-8,13H,9-12H2,1-2H3,(H,22,25). The van der Waals surface area contributed by atoms with Crippen molar-refractivity contribution in [3.8, 4) is 5.75 Å². The summed E-state index contributed by atoms with van der Waals surface area (Å²) in [5.41, 5.74) is 2.54. The number of hydrogen-bond donors (Lipinski definition) is 1. The van der Waals surface area contributed by atoms with Gasteiger partial charge >= 0.3 is 11.8 Å². The molecule has 0 radical (unpaired) electrons. The predicted octanol–water partition coefficient (Wildman–Crippen LogP) is 3.05. The van der Waals surface area contributed by atoms with Gasteiger partial charge in [0.25, 0.3) is 0 Å². The van der Waals surface area contributed by atoms with E-state index in [2.05, 4.69) is 26.1 Å². The number of ether oxygens (including phenoxy) is 1. The Morgan fingerprint density at radius 2 is 1.78 bits per heavy atom. The molecule has 27 heavy (non-hydrogen) atoms. The Labute approximate surface area is 167 Å². The van der Waals surface area contributed by atoms with Crippen molar-refractivity contribution in [2.24, 2.45) is 0 Å². The Morgan fingerprint density at radius 3 is 2.44 bits per heavy atom. The van der Waals surface area contributed by atoms with E-state index in [1.165, 1.54) is 0 Å². The van der Waals surface area contributed by atoms with Crippen molar-refractivity contribution in [3.63, 3.8) is 0 Å². The molecule has 7 heteroatoms. The number of benzene rings is 2. The van der Waals surface area contributed by atoms with E-state index >= 15 is 0 Å². The molecule has 1 heterocycles. The quantitative estimate of drug-likeness (QED) is 0.758. The number of methoxy groups -OCH3 is 1. The first-order valence-corrected chi connectivity index (χ1v) is 9.53. The molecule has 142 valence electrons. The first kappa shape index (κ1) is 19.2. The predicted molar refractivity (Wildman–Crippen MR) is 109 cm³/mol. The number of halogens is 1. The Kier molecular flexibility index (Phi) is 6.01. The monoisotopic (exact) mass is 431 g/mol. The summed E-state index contributed by atoms with van der Waals surface area (Å²) in [5.74, 6) is -0.302. The van der Waals surface area contributed by atoms with E-state index < -0.39 is 11.8 Å². The molecule has 1 aliphatic heterocycles. The molecule has 0 saturated carbocycles. The summed E-state index contributed by atoms with van der Waals surface area (Å²) in [4.78, 5) is 28.6. The maximum Gasteiger partial charge on any atom is 0.313 e. The largest absolute Gasteiger partial charge is 0.495 e. The van der Waals surface area contributed by atoms with Gasteiger partial charge in [0, 0.05) is 36.3 Å². The summed E-state index contributed by atoms with van der Waals surface area (Å²) in [7, 11) is 1.65. The zero-order chi connectivity index (χ0) is 19.4. The van der Waals surface area contributed by atoms with E-state index in [-0.39, 0.29) is 0 Å². The summed E-state index contributed by atoms with van der Waals surface area (Å²) in [6.45, 7) is 4.16. The normalized spacial score (nSPS) is 14.0. The number of aryl methyl sites for hydroxylation is 1. The SMILES string of the molecule is COc1ccccc1N1CCN(C(=O)C(=O)Nc2ccc(Br)cc2C)CC1. The van der Waals surface area contributed by atoms with Gasteiger partial charge in [0.15, 0.2) is 0 Å². The molecule has 1 N–H and O–H groups in total. The fourth-order valence-electron chi connectivity index (χ4n) is 3.13. The average molecular weight is 432 g/mol. The minimum absolute atomic E-state index is 0.490. The maximum atomic E-state index is 12.5. The van der Waals surface area contributed by atoms with Gasteiger partial charge in [0.2, 0.25) is 0 Å². The lowest BCUT2D eigenvalue weighted by Crippen LogP contribution is -2.51. The Bertz CT molecular complexity index is 848. The zero-order valence-corrected chi connectivity index (χ0v) is 17.0. The number of carbonyl (C=O) groups is 2. The molecule has 2 aromatic rings. The average Bonchev–Trinajstić information content (AvgIpc) is 2.69. The molecule has 1 saturated heterocycles. The number of amides is 2.